The SMILES string of the molecule is COCC1CCN(c2nc(Cl)nc(-n3ccnc3)n2)C1. The lowest BCUT2D eigenvalue weighted by atomic mass is 10.1. The third-order valence-electron chi connectivity index (χ3n) is 3.29. The number of aromatic nitrogens is 5. The topological polar surface area (TPSA) is 69.0 Å². The van der Waals surface area contributed by atoms with Crippen LogP contribution in [0, 0.1) is 5.92 Å². The van der Waals surface area contributed by atoms with E-state index in [4.69, 9.17) is 16.3 Å². The molecule has 20 heavy (non-hydrogen) atoms. The predicted molar refractivity (Wildman–Crippen MR) is 74.2 cm³/mol. The van der Waals surface area contributed by atoms with Crippen molar-refractivity contribution in [1.29, 1.82) is 0 Å². The summed E-state index contributed by atoms with van der Waals surface area (Å²) >= 11 is 6.00. The Labute approximate surface area is 121 Å². The van der Waals surface area contributed by atoms with Crippen LogP contribution in [-0.2, 0) is 4.74 Å². The van der Waals surface area contributed by atoms with Gasteiger partial charge in [-0.25, -0.2) is 4.98 Å². The molecule has 3 rings (SSSR count). The summed E-state index contributed by atoms with van der Waals surface area (Å²) in [7, 11) is 1.72. The summed E-state index contributed by atoms with van der Waals surface area (Å²) in [6.07, 6.45) is 6.14. The van der Waals surface area contributed by atoms with Crippen LogP contribution in [0.25, 0.3) is 5.95 Å². The van der Waals surface area contributed by atoms with Gasteiger partial charge in [0.2, 0.25) is 17.2 Å². The van der Waals surface area contributed by atoms with Crippen LogP contribution in [0.2, 0.25) is 5.28 Å². The third-order valence-corrected chi connectivity index (χ3v) is 3.46. The molecule has 1 aliphatic rings. The lowest BCUT2D eigenvalue weighted by molar-refractivity contribution is 0.161. The van der Waals surface area contributed by atoms with Gasteiger partial charge in [-0.2, -0.15) is 15.0 Å². The van der Waals surface area contributed by atoms with Gasteiger partial charge in [0.05, 0.1) is 6.61 Å². The second kappa shape index (κ2) is 5.72. The van der Waals surface area contributed by atoms with Gasteiger partial charge in [-0.3, -0.25) is 4.57 Å². The zero-order chi connectivity index (χ0) is 13.9. The normalized spacial score (nSPS) is 18.7. The van der Waals surface area contributed by atoms with Gasteiger partial charge in [0.25, 0.3) is 0 Å². The number of ether oxygens (including phenoxy) is 1. The van der Waals surface area contributed by atoms with E-state index in [1.165, 1.54) is 0 Å². The number of hydrogen-bond acceptors (Lipinski definition) is 6. The van der Waals surface area contributed by atoms with Crippen LogP contribution in [0.4, 0.5) is 5.95 Å². The average Bonchev–Trinajstić information content (AvgIpc) is 3.09. The quantitative estimate of drug-likeness (QED) is 0.843. The maximum Gasteiger partial charge on any atom is 0.241 e. The van der Waals surface area contributed by atoms with E-state index in [1.54, 1.807) is 30.4 Å². The van der Waals surface area contributed by atoms with E-state index in [0.717, 1.165) is 26.1 Å². The highest BCUT2D eigenvalue weighted by molar-refractivity contribution is 6.28. The fraction of sp³-hybridized carbons (Fsp3) is 0.500. The first-order valence-electron chi connectivity index (χ1n) is 6.40. The number of halogens is 1. The Morgan fingerprint density at radius 2 is 2.20 bits per heavy atom. The van der Waals surface area contributed by atoms with Crippen molar-refractivity contribution in [3.8, 4) is 5.95 Å². The molecule has 0 radical (unpaired) electrons. The highest BCUT2D eigenvalue weighted by Gasteiger charge is 2.25. The number of nitrogens with zero attached hydrogens (tertiary/aromatic N) is 6. The zero-order valence-corrected chi connectivity index (χ0v) is 11.9. The molecule has 1 fully saturated rings. The van der Waals surface area contributed by atoms with Crippen LogP contribution < -0.4 is 4.90 Å². The van der Waals surface area contributed by atoms with Crippen molar-refractivity contribution < 1.29 is 4.74 Å². The van der Waals surface area contributed by atoms with Crippen LogP contribution in [0.15, 0.2) is 18.7 Å². The van der Waals surface area contributed by atoms with Gasteiger partial charge in [0.15, 0.2) is 0 Å². The maximum absolute atomic E-state index is 6.00. The molecule has 0 saturated carbocycles. The molecule has 8 heteroatoms. The molecule has 0 bridgehead atoms. The molecular formula is C12H15ClN6O. The molecule has 1 saturated heterocycles. The van der Waals surface area contributed by atoms with Crippen LogP contribution in [0.3, 0.4) is 0 Å². The Kier molecular flexibility index (Phi) is 3.79. The van der Waals surface area contributed by atoms with E-state index >= 15 is 0 Å². The minimum absolute atomic E-state index is 0.189. The largest absolute Gasteiger partial charge is 0.384 e. The molecule has 1 aliphatic heterocycles. The molecule has 106 valence electrons. The van der Waals surface area contributed by atoms with Gasteiger partial charge in [-0.05, 0) is 18.0 Å². The Morgan fingerprint density at radius 1 is 1.35 bits per heavy atom. The second-order valence-electron chi connectivity index (χ2n) is 4.73. The van der Waals surface area contributed by atoms with Gasteiger partial charge < -0.3 is 9.64 Å². The molecule has 1 unspecified atom stereocenters. The van der Waals surface area contributed by atoms with Crippen molar-refractivity contribution in [2.75, 3.05) is 31.7 Å². The van der Waals surface area contributed by atoms with Crippen molar-refractivity contribution in [2.45, 2.75) is 6.42 Å². The fourth-order valence-corrected chi connectivity index (χ4v) is 2.50. The first-order chi connectivity index (χ1) is 9.76. The van der Waals surface area contributed by atoms with E-state index in [0.29, 0.717) is 17.8 Å². The van der Waals surface area contributed by atoms with Gasteiger partial charge in [-0.15, -0.1) is 0 Å². The first-order valence-corrected chi connectivity index (χ1v) is 6.78. The van der Waals surface area contributed by atoms with Crippen molar-refractivity contribution in [3.63, 3.8) is 0 Å². The minimum Gasteiger partial charge on any atom is -0.384 e. The second-order valence-corrected chi connectivity index (χ2v) is 5.07. The molecule has 3 heterocycles. The van der Waals surface area contributed by atoms with Gasteiger partial charge >= 0.3 is 0 Å². The lowest BCUT2D eigenvalue weighted by Gasteiger charge is -2.16. The van der Waals surface area contributed by atoms with Crippen molar-refractivity contribution in [3.05, 3.63) is 24.0 Å². The number of anilines is 1. The van der Waals surface area contributed by atoms with Gasteiger partial charge in [0, 0.05) is 38.5 Å². The summed E-state index contributed by atoms with van der Waals surface area (Å²) < 4.78 is 6.91. The highest BCUT2D eigenvalue weighted by Crippen LogP contribution is 2.22. The summed E-state index contributed by atoms with van der Waals surface area (Å²) in [5.74, 6) is 1.59. The van der Waals surface area contributed by atoms with Gasteiger partial charge in [-0.1, -0.05) is 0 Å². The van der Waals surface area contributed by atoms with E-state index in [1.807, 2.05) is 0 Å². The Hall–Kier alpha value is -1.73. The molecule has 0 aromatic carbocycles. The lowest BCUT2D eigenvalue weighted by Crippen LogP contribution is -2.24. The molecule has 0 spiro atoms. The van der Waals surface area contributed by atoms with Gasteiger partial charge in [0.1, 0.15) is 6.33 Å². The molecule has 2 aromatic heterocycles. The summed E-state index contributed by atoms with van der Waals surface area (Å²) in [5, 5.41) is 0.189. The maximum atomic E-state index is 6.00. The van der Waals surface area contributed by atoms with E-state index in [2.05, 4.69) is 24.8 Å². The smallest absolute Gasteiger partial charge is 0.241 e. The number of imidazole rings is 1. The predicted octanol–water partition coefficient (Wildman–Crippen LogP) is 1.18. The molecule has 0 amide bonds. The van der Waals surface area contributed by atoms with Crippen molar-refractivity contribution >= 4 is 17.5 Å². The fourth-order valence-electron chi connectivity index (χ4n) is 2.35. The van der Waals surface area contributed by atoms with Crippen molar-refractivity contribution in [1.82, 2.24) is 24.5 Å². The average molecular weight is 295 g/mol. The van der Waals surface area contributed by atoms with E-state index in [-0.39, 0.29) is 5.28 Å². The Balaban J connectivity index is 1.84. The molecule has 0 aliphatic carbocycles. The summed E-state index contributed by atoms with van der Waals surface area (Å²) in [6.45, 7) is 2.53. The molecule has 7 nitrogen and oxygen atoms in total. The first kappa shape index (κ1) is 13.3. The summed E-state index contributed by atoms with van der Waals surface area (Å²) in [6, 6.07) is 0. The van der Waals surface area contributed by atoms with E-state index < -0.39 is 0 Å². The van der Waals surface area contributed by atoms with Crippen molar-refractivity contribution in [2.24, 2.45) is 5.92 Å². The molecular weight excluding hydrogens is 280 g/mol. The number of rotatable bonds is 4. The van der Waals surface area contributed by atoms with E-state index in [9.17, 15) is 0 Å². The summed E-state index contributed by atoms with van der Waals surface area (Å²) in [4.78, 5) is 18.9. The summed E-state index contributed by atoms with van der Waals surface area (Å²) in [5.41, 5.74) is 0. The number of methoxy groups -OCH3 is 1. The number of hydrogen-bond donors (Lipinski definition) is 0. The molecule has 0 N–H and O–H groups in total. The zero-order valence-electron chi connectivity index (χ0n) is 11.1. The van der Waals surface area contributed by atoms with Crippen LogP contribution in [0.5, 0.6) is 0 Å². The van der Waals surface area contributed by atoms with Crippen LogP contribution in [-0.4, -0.2) is 51.3 Å². The monoisotopic (exact) mass is 294 g/mol. The Bertz CT molecular complexity index is 575. The minimum atomic E-state index is 0.189. The molecule has 1 atom stereocenters. The Morgan fingerprint density at radius 3 is 2.95 bits per heavy atom. The molecule has 2 aromatic rings. The third kappa shape index (κ3) is 2.73. The van der Waals surface area contributed by atoms with Crippen LogP contribution >= 0.6 is 11.6 Å². The standard InChI is InChI=1S/C12H15ClN6O/c1-20-7-9-2-4-18(6-9)11-15-10(13)16-12(17-11)19-5-3-14-8-19/h3,5,8-9H,2,4,6-7H2,1H3. The highest BCUT2D eigenvalue weighted by atomic mass is 35.5. The van der Waals surface area contributed by atoms with Crippen LogP contribution in [0.1, 0.15) is 6.42 Å².